The summed E-state index contributed by atoms with van der Waals surface area (Å²) < 4.78 is 1.56. The molecule has 2 aromatic heterocycles. The van der Waals surface area contributed by atoms with Gasteiger partial charge in [0.1, 0.15) is 11.6 Å². The van der Waals surface area contributed by atoms with Gasteiger partial charge in [0.25, 0.3) is 0 Å². The molecule has 10 heteroatoms. The van der Waals surface area contributed by atoms with E-state index in [1.54, 1.807) is 41.0 Å². The molecule has 41 heavy (non-hydrogen) atoms. The van der Waals surface area contributed by atoms with Crippen molar-refractivity contribution < 1.29 is 19.5 Å². The zero-order valence-electron chi connectivity index (χ0n) is 22.7. The number of aryl methyl sites for hydroxylation is 1. The van der Waals surface area contributed by atoms with Gasteiger partial charge < -0.3 is 19.9 Å². The lowest BCUT2D eigenvalue weighted by atomic mass is 9.77. The Morgan fingerprint density at radius 2 is 1.80 bits per heavy atom. The molecule has 1 saturated carbocycles. The number of aromatic carboxylic acids is 1. The van der Waals surface area contributed by atoms with E-state index in [9.17, 15) is 24.3 Å². The quantitative estimate of drug-likeness (QED) is 0.329. The predicted octanol–water partition coefficient (Wildman–Crippen LogP) is 4.07. The monoisotopic (exact) mass is 553 g/mol. The summed E-state index contributed by atoms with van der Waals surface area (Å²) in [5.74, 6) is -1.52. The van der Waals surface area contributed by atoms with Crippen molar-refractivity contribution in [1.82, 2.24) is 19.7 Å². The minimum absolute atomic E-state index is 0.0364. The Kier molecular flexibility index (Phi) is 6.69. The molecule has 2 amide bonds. The van der Waals surface area contributed by atoms with E-state index in [2.05, 4.69) is 15.5 Å². The van der Waals surface area contributed by atoms with Gasteiger partial charge in [-0.3, -0.25) is 19.5 Å². The van der Waals surface area contributed by atoms with E-state index in [-0.39, 0.29) is 22.9 Å². The van der Waals surface area contributed by atoms with Gasteiger partial charge in [0.15, 0.2) is 0 Å². The van der Waals surface area contributed by atoms with Crippen LogP contribution in [0.2, 0.25) is 0 Å². The summed E-state index contributed by atoms with van der Waals surface area (Å²) >= 11 is 0. The van der Waals surface area contributed by atoms with Gasteiger partial charge >= 0.3 is 5.97 Å². The molecule has 210 valence electrons. The Morgan fingerprint density at radius 1 is 1.05 bits per heavy atom. The van der Waals surface area contributed by atoms with Gasteiger partial charge in [0.2, 0.25) is 17.2 Å². The Balaban J connectivity index is 1.28. The molecule has 6 rings (SSSR count). The van der Waals surface area contributed by atoms with Crippen molar-refractivity contribution in [3.05, 3.63) is 82.4 Å². The van der Waals surface area contributed by atoms with Crippen molar-refractivity contribution in [1.29, 1.82) is 0 Å². The molecule has 0 spiro atoms. The number of rotatable bonds is 6. The number of carbonyl (C=O) groups excluding carboxylic acids is 2. The number of amides is 2. The summed E-state index contributed by atoms with van der Waals surface area (Å²) in [6.07, 6.45) is 9.10. The van der Waals surface area contributed by atoms with Gasteiger partial charge in [-0.1, -0.05) is 43.2 Å². The zero-order chi connectivity index (χ0) is 28.7. The van der Waals surface area contributed by atoms with Crippen LogP contribution < -0.4 is 10.7 Å². The summed E-state index contributed by atoms with van der Waals surface area (Å²) in [5, 5.41) is 20.2. The van der Waals surface area contributed by atoms with E-state index in [1.807, 2.05) is 30.3 Å². The molecule has 1 saturated heterocycles. The summed E-state index contributed by atoms with van der Waals surface area (Å²) in [6.45, 7) is 0.519. The lowest BCUT2D eigenvalue weighted by Crippen LogP contribution is -2.51. The molecule has 1 aliphatic heterocycles. The molecule has 2 fully saturated rings. The number of nitrogens with zero attached hydrogens (tertiary/aromatic N) is 3. The van der Waals surface area contributed by atoms with Crippen LogP contribution in [0.4, 0.5) is 5.69 Å². The number of aromatic nitrogens is 3. The third kappa shape index (κ3) is 4.59. The Hall–Kier alpha value is -4.73. The number of H-pyrrole nitrogens is 1. The molecule has 0 radical (unpaired) electrons. The normalized spacial score (nSPS) is 18.1. The average Bonchev–Trinajstić information content (AvgIpc) is 3.75. The van der Waals surface area contributed by atoms with Gasteiger partial charge in [0, 0.05) is 36.9 Å². The number of anilines is 1. The summed E-state index contributed by atoms with van der Waals surface area (Å²) in [7, 11) is 1.67. The van der Waals surface area contributed by atoms with Gasteiger partial charge in [0.05, 0.1) is 22.8 Å². The van der Waals surface area contributed by atoms with Crippen LogP contribution in [0.1, 0.15) is 54.4 Å². The third-order valence-electron chi connectivity index (χ3n) is 8.56. The molecule has 0 bridgehead atoms. The minimum atomic E-state index is -1.27. The molecule has 3 heterocycles. The maximum Gasteiger partial charge on any atom is 0.341 e. The fourth-order valence-corrected chi connectivity index (χ4v) is 6.49. The molecule has 0 unspecified atom stereocenters. The number of nitrogens with one attached hydrogen (secondary N) is 2. The van der Waals surface area contributed by atoms with Crippen molar-refractivity contribution in [2.45, 2.75) is 50.0 Å². The van der Waals surface area contributed by atoms with E-state index in [0.717, 1.165) is 35.7 Å². The van der Waals surface area contributed by atoms with E-state index in [0.29, 0.717) is 37.1 Å². The number of hydrogen-bond donors (Lipinski definition) is 3. The van der Waals surface area contributed by atoms with Gasteiger partial charge in [-0.05, 0) is 48.9 Å². The van der Waals surface area contributed by atoms with Crippen molar-refractivity contribution >= 4 is 34.4 Å². The largest absolute Gasteiger partial charge is 0.477 e. The number of hydrogen-bond acceptors (Lipinski definition) is 5. The molecule has 1 atom stereocenters. The Bertz CT molecular complexity index is 1710. The van der Waals surface area contributed by atoms with Gasteiger partial charge in [-0.15, -0.1) is 0 Å². The van der Waals surface area contributed by atoms with Gasteiger partial charge in [-0.25, -0.2) is 4.79 Å². The van der Waals surface area contributed by atoms with E-state index in [1.165, 1.54) is 6.20 Å². The maximum absolute atomic E-state index is 14.3. The second-order valence-electron chi connectivity index (χ2n) is 11.0. The van der Waals surface area contributed by atoms with Crippen LogP contribution in [-0.2, 0) is 22.1 Å². The number of carbonyl (C=O) groups is 3. The second kappa shape index (κ2) is 10.3. The predicted molar refractivity (Wildman–Crippen MR) is 154 cm³/mol. The van der Waals surface area contributed by atoms with Crippen LogP contribution in [0.5, 0.6) is 0 Å². The molecular weight excluding hydrogens is 522 g/mol. The third-order valence-corrected chi connectivity index (χ3v) is 8.56. The molecule has 1 aliphatic carbocycles. The SMILES string of the molecule is Cn1cc(C(=O)O)c(=O)c(-c2ccc(C3(C(=O)N4CCC[C@@H]4C(=O)Nc4cccc5[nH]ncc45)CCCC3)cc2)c1. The first-order valence-electron chi connectivity index (χ1n) is 13.9. The van der Waals surface area contributed by atoms with Crippen LogP contribution in [0.3, 0.4) is 0 Å². The van der Waals surface area contributed by atoms with Crippen LogP contribution in [0.25, 0.3) is 22.0 Å². The number of fused-ring (bicyclic) bond motifs is 1. The lowest BCUT2D eigenvalue weighted by molar-refractivity contribution is -0.141. The van der Waals surface area contributed by atoms with Crippen LogP contribution in [-0.4, -0.2) is 55.1 Å². The van der Waals surface area contributed by atoms with Crippen LogP contribution in [0.15, 0.2) is 65.8 Å². The molecule has 3 N–H and O–H groups in total. The summed E-state index contributed by atoms with van der Waals surface area (Å²) in [5.41, 5.74) is 1.61. The topological polar surface area (TPSA) is 137 Å². The van der Waals surface area contributed by atoms with Crippen molar-refractivity contribution in [2.24, 2.45) is 7.05 Å². The standard InChI is InChI=1S/C31H31N5O5/c1-35-17-22(27(37)23(18-35)29(39)40)19-9-11-20(12-10-19)31(13-2-3-14-31)30(41)36-15-5-8-26(36)28(38)33-24-6-4-7-25-21(24)16-32-34-25/h4,6-7,9-12,16-18,26H,2-3,5,8,13-15H2,1H3,(H,32,34)(H,33,38)(H,39,40)/t26-/m1/s1. The van der Waals surface area contributed by atoms with Crippen molar-refractivity contribution in [3.63, 3.8) is 0 Å². The lowest BCUT2D eigenvalue weighted by Gasteiger charge is -2.35. The number of carboxylic acids is 1. The highest BCUT2D eigenvalue weighted by atomic mass is 16.4. The minimum Gasteiger partial charge on any atom is -0.477 e. The first-order valence-corrected chi connectivity index (χ1v) is 13.9. The Morgan fingerprint density at radius 3 is 2.54 bits per heavy atom. The van der Waals surface area contributed by atoms with E-state index < -0.39 is 22.9 Å². The average molecular weight is 554 g/mol. The number of benzene rings is 2. The highest BCUT2D eigenvalue weighted by Gasteiger charge is 2.48. The fraction of sp³-hybridized carbons (Fsp3) is 0.323. The maximum atomic E-state index is 14.3. The van der Waals surface area contributed by atoms with E-state index in [4.69, 9.17) is 0 Å². The summed E-state index contributed by atoms with van der Waals surface area (Å²) in [6, 6.07) is 12.3. The fourth-order valence-electron chi connectivity index (χ4n) is 6.49. The molecule has 10 nitrogen and oxygen atoms in total. The highest BCUT2D eigenvalue weighted by molar-refractivity contribution is 6.04. The first kappa shape index (κ1) is 26.5. The molecule has 2 aliphatic rings. The molecule has 4 aromatic rings. The Labute approximate surface area is 236 Å². The molecule has 2 aromatic carbocycles. The first-order chi connectivity index (χ1) is 19.8. The van der Waals surface area contributed by atoms with Gasteiger partial charge in [-0.2, -0.15) is 5.10 Å². The molecular formula is C31H31N5O5. The van der Waals surface area contributed by atoms with Crippen LogP contribution in [0, 0.1) is 0 Å². The smallest absolute Gasteiger partial charge is 0.341 e. The van der Waals surface area contributed by atoms with Crippen molar-refractivity contribution in [3.8, 4) is 11.1 Å². The van der Waals surface area contributed by atoms with E-state index >= 15 is 0 Å². The number of pyridine rings is 1. The van der Waals surface area contributed by atoms with Crippen molar-refractivity contribution in [2.75, 3.05) is 11.9 Å². The number of likely N-dealkylation sites (tertiary alicyclic amines) is 1. The zero-order valence-corrected chi connectivity index (χ0v) is 22.7. The second-order valence-corrected chi connectivity index (χ2v) is 11.0. The number of aromatic amines is 1. The summed E-state index contributed by atoms with van der Waals surface area (Å²) in [4.78, 5) is 53.9. The highest BCUT2D eigenvalue weighted by Crippen LogP contribution is 2.44. The van der Waals surface area contributed by atoms with Crippen LogP contribution >= 0.6 is 0 Å². The number of carboxylic acid groups (broad SMARTS) is 1.